The molecule has 0 radical (unpaired) electrons. The fraction of sp³-hybridized carbons (Fsp3) is 0.0526. The zero-order valence-corrected chi connectivity index (χ0v) is 12.7. The van der Waals surface area contributed by atoms with Gasteiger partial charge < -0.3 is 9.47 Å². The molecule has 0 N–H and O–H groups in total. The number of hydrogen-bond donors (Lipinski definition) is 0. The average molecular weight is 315 g/mol. The van der Waals surface area contributed by atoms with E-state index in [2.05, 4.69) is 16.4 Å². The molecule has 0 atom stereocenters. The van der Waals surface area contributed by atoms with Crippen molar-refractivity contribution < 1.29 is 9.47 Å². The van der Waals surface area contributed by atoms with Crippen LogP contribution in [0.2, 0.25) is 0 Å². The van der Waals surface area contributed by atoms with Gasteiger partial charge in [-0.3, -0.25) is 4.40 Å². The minimum absolute atomic E-state index is 0.279. The van der Waals surface area contributed by atoms with E-state index in [1.54, 1.807) is 0 Å². The number of rotatable bonds is 2. The Labute approximate surface area is 138 Å². The minimum Gasteiger partial charge on any atom is -0.454 e. The molecule has 2 aromatic heterocycles. The lowest BCUT2D eigenvalue weighted by molar-refractivity contribution is 0.174. The van der Waals surface area contributed by atoms with E-state index >= 15 is 0 Å². The SMILES string of the molecule is c1ccc(-c2nnc3ccc(-c4ccc5c(c4)OCO5)cn23)cc1. The van der Waals surface area contributed by atoms with Crippen LogP contribution in [0.4, 0.5) is 0 Å². The first kappa shape index (κ1) is 13.1. The van der Waals surface area contributed by atoms with Gasteiger partial charge in [0.1, 0.15) is 0 Å². The fourth-order valence-corrected chi connectivity index (χ4v) is 2.92. The van der Waals surface area contributed by atoms with Crippen LogP contribution in [0.25, 0.3) is 28.2 Å². The third kappa shape index (κ3) is 2.02. The predicted octanol–water partition coefficient (Wildman–Crippen LogP) is 3.79. The Morgan fingerprint density at radius 3 is 2.50 bits per heavy atom. The zero-order chi connectivity index (χ0) is 15.9. The normalized spacial score (nSPS) is 12.7. The van der Waals surface area contributed by atoms with Crippen LogP contribution >= 0.6 is 0 Å². The maximum atomic E-state index is 5.47. The smallest absolute Gasteiger partial charge is 0.231 e. The van der Waals surface area contributed by atoms with E-state index in [0.29, 0.717) is 0 Å². The molecule has 0 unspecified atom stereocenters. The van der Waals surface area contributed by atoms with Gasteiger partial charge in [0.2, 0.25) is 6.79 Å². The summed E-state index contributed by atoms with van der Waals surface area (Å²) in [4.78, 5) is 0. The maximum absolute atomic E-state index is 5.47. The first-order valence-corrected chi connectivity index (χ1v) is 7.69. The molecule has 2 aromatic carbocycles. The first-order chi connectivity index (χ1) is 11.9. The maximum Gasteiger partial charge on any atom is 0.231 e. The topological polar surface area (TPSA) is 48.7 Å². The van der Waals surface area contributed by atoms with Gasteiger partial charge in [0.05, 0.1) is 0 Å². The van der Waals surface area contributed by atoms with Crippen LogP contribution in [0.1, 0.15) is 0 Å². The molecule has 1 aliphatic heterocycles. The van der Waals surface area contributed by atoms with E-state index in [9.17, 15) is 0 Å². The average Bonchev–Trinajstić information content (AvgIpc) is 3.28. The summed E-state index contributed by atoms with van der Waals surface area (Å²) < 4.78 is 12.9. The number of aromatic nitrogens is 3. The summed E-state index contributed by atoms with van der Waals surface area (Å²) in [5, 5.41) is 8.58. The Hall–Kier alpha value is -3.34. The third-order valence-corrected chi connectivity index (χ3v) is 4.14. The lowest BCUT2D eigenvalue weighted by Crippen LogP contribution is -1.93. The first-order valence-electron chi connectivity index (χ1n) is 7.69. The van der Waals surface area contributed by atoms with Gasteiger partial charge in [-0.15, -0.1) is 10.2 Å². The van der Waals surface area contributed by atoms with Gasteiger partial charge in [-0.1, -0.05) is 36.4 Å². The van der Waals surface area contributed by atoms with Crippen LogP contribution in [0.3, 0.4) is 0 Å². The predicted molar refractivity (Wildman–Crippen MR) is 90.0 cm³/mol. The van der Waals surface area contributed by atoms with Crippen LogP contribution in [-0.2, 0) is 0 Å². The van der Waals surface area contributed by atoms with Gasteiger partial charge in [0, 0.05) is 11.8 Å². The van der Waals surface area contributed by atoms with Crippen molar-refractivity contribution in [3.05, 3.63) is 66.9 Å². The second-order valence-corrected chi connectivity index (χ2v) is 5.60. The van der Waals surface area contributed by atoms with E-state index in [1.807, 2.05) is 65.1 Å². The minimum atomic E-state index is 0.279. The largest absolute Gasteiger partial charge is 0.454 e. The zero-order valence-electron chi connectivity index (χ0n) is 12.7. The second-order valence-electron chi connectivity index (χ2n) is 5.60. The van der Waals surface area contributed by atoms with Crippen LogP contribution in [0, 0.1) is 0 Å². The second kappa shape index (κ2) is 5.09. The number of hydrogen-bond acceptors (Lipinski definition) is 4. The molecule has 0 fully saturated rings. The third-order valence-electron chi connectivity index (χ3n) is 4.14. The van der Waals surface area contributed by atoms with Gasteiger partial charge in [0.15, 0.2) is 23.0 Å². The molecule has 5 heteroatoms. The number of fused-ring (bicyclic) bond motifs is 2. The molecule has 5 nitrogen and oxygen atoms in total. The molecule has 0 spiro atoms. The van der Waals surface area contributed by atoms with Gasteiger partial charge in [0.25, 0.3) is 0 Å². The Kier molecular flexibility index (Phi) is 2.79. The Morgan fingerprint density at radius 2 is 1.58 bits per heavy atom. The molecule has 4 aromatic rings. The van der Waals surface area contributed by atoms with Crippen molar-refractivity contribution in [1.29, 1.82) is 0 Å². The fourth-order valence-electron chi connectivity index (χ4n) is 2.92. The van der Waals surface area contributed by atoms with Crippen molar-refractivity contribution in [3.63, 3.8) is 0 Å². The molecule has 0 amide bonds. The summed E-state index contributed by atoms with van der Waals surface area (Å²) >= 11 is 0. The summed E-state index contributed by atoms with van der Waals surface area (Å²) in [7, 11) is 0. The Bertz CT molecular complexity index is 1040. The van der Waals surface area contributed by atoms with Gasteiger partial charge >= 0.3 is 0 Å². The highest BCUT2D eigenvalue weighted by Crippen LogP contribution is 2.36. The van der Waals surface area contributed by atoms with E-state index < -0.39 is 0 Å². The molecular weight excluding hydrogens is 302 g/mol. The standard InChI is InChI=1S/C19H13N3O2/c1-2-4-13(5-3-1)19-21-20-18-9-7-15(11-22(18)19)14-6-8-16-17(10-14)24-12-23-16/h1-11H,12H2. The van der Waals surface area contributed by atoms with Crippen molar-refractivity contribution in [2.75, 3.05) is 6.79 Å². The van der Waals surface area contributed by atoms with Crippen molar-refractivity contribution in [2.45, 2.75) is 0 Å². The van der Waals surface area contributed by atoms with Crippen molar-refractivity contribution in [1.82, 2.24) is 14.6 Å². The van der Waals surface area contributed by atoms with E-state index in [1.165, 1.54) is 0 Å². The van der Waals surface area contributed by atoms with E-state index in [0.717, 1.165) is 39.7 Å². The monoisotopic (exact) mass is 315 g/mol. The molecule has 5 rings (SSSR count). The van der Waals surface area contributed by atoms with Crippen molar-refractivity contribution >= 4 is 5.65 Å². The van der Waals surface area contributed by atoms with Gasteiger partial charge in [-0.05, 0) is 35.4 Å². The van der Waals surface area contributed by atoms with Crippen LogP contribution in [0.5, 0.6) is 11.5 Å². The van der Waals surface area contributed by atoms with Crippen LogP contribution in [0.15, 0.2) is 66.9 Å². The molecule has 0 saturated heterocycles. The lowest BCUT2D eigenvalue weighted by atomic mass is 10.1. The molecule has 116 valence electrons. The quantitative estimate of drug-likeness (QED) is 0.564. The summed E-state index contributed by atoms with van der Waals surface area (Å²) in [5.74, 6) is 2.39. The molecule has 3 heterocycles. The van der Waals surface area contributed by atoms with Crippen molar-refractivity contribution in [3.8, 4) is 34.0 Å². The highest BCUT2D eigenvalue weighted by Gasteiger charge is 2.15. The summed E-state index contributed by atoms with van der Waals surface area (Å²) in [6, 6.07) is 20.0. The molecule has 0 saturated carbocycles. The number of ether oxygens (including phenoxy) is 2. The summed E-state index contributed by atoms with van der Waals surface area (Å²) in [5.41, 5.74) is 3.98. The summed E-state index contributed by atoms with van der Waals surface area (Å²) in [6.45, 7) is 0.279. The molecule has 1 aliphatic rings. The number of nitrogens with zero attached hydrogens (tertiary/aromatic N) is 3. The van der Waals surface area contributed by atoms with Gasteiger partial charge in [-0.25, -0.2) is 0 Å². The van der Waals surface area contributed by atoms with E-state index in [-0.39, 0.29) is 6.79 Å². The highest BCUT2D eigenvalue weighted by atomic mass is 16.7. The highest BCUT2D eigenvalue weighted by molar-refractivity contribution is 5.70. The lowest BCUT2D eigenvalue weighted by Gasteiger charge is -2.06. The van der Waals surface area contributed by atoms with Crippen LogP contribution in [-0.4, -0.2) is 21.4 Å². The van der Waals surface area contributed by atoms with Crippen LogP contribution < -0.4 is 9.47 Å². The van der Waals surface area contributed by atoms with Gasteiger partial charge in [-0.2, -0.15) is 0 Å². The summed E-state index contributed by atoms with van der Waals surface area (Å²) in [6.07, 6.45) is 2.05. The molecule has 0 aliphatic carbocycles. The molecular formula is C19H13N3O2. The Morgan fingerprint density at radius 1 is 0.750 bits per heavy atom. The molecule has 24 heavy (non-hydrogen) atoms. The van der Waals surface area contributed by atoms with E-state index in [4.69, 9.17) is 9.47 Å². The van der Waals surface area contributed by atoms with Crippen molar-refractivity contribution in [2.24, 2.45) is 0 Å². The number of pyridine rings is 1. The molecule has 0 bridgehead atoms. The Balaban J connectivity index is 1.65. The number of benzene rings is 2.